The molecule has 1 aromatic carbocycles. The molecule has 140 valence electrons. The first-order chi connectivity index (χ1) is 11.8. The predicted molar refractivity (Wildman–Crippen MR) is 106 cm³/mol. The molecule has 4 nitrogen and oxygen atoms in total. The van der Waals surface area contributed by atoms with Crippen molar-refractivity contribution in [1.29, 1.82) is 0 Å². The number of halogens is 3. The van der Waals surface area contributed by atoms with E-state index in [0.29, 0.717) is 24.2 Å². The van der Waals surface area contributed by atoms with E-state index in [4.69, 9.17) is 47.4 Å². The van der Waals surface area contributed by atoms with Crippen LogP contribution >= 0.6 is 33.2 Å². The van der Waals surface area contributed by atoms with E-state index in [9.17, 15) is 4.79 Å². The molecule has 0 spiro atoms. The maximum Gasteiger partial charge on any atom is 0.341 e. The third-order valence-corrected chi connectivity index (χ3v) is 6.01. The largest absolute Gasteiger partial charge is 0.497 e. The molecule has 0 N–H and O–H groups in total. The second-order valence-corrected chi connectivity index (χ2v) is 14.7. The minimum atomic E-state index is -2.50. The van der Waals surface area contributed by atoms with Crippen LogP contribution < -0.4 is 9.47 Å². The number of unbranched alkanes of at least 4 members (excludes halogenated alkanes) is 3. The zero-order chi connectivity index (χ0) is 18.7. The molecule has 0 atom stereocenters. The minimum absolute atomic E-state index is 0.379. The van der Waals surface area contributed by atoms with Crippen molar-refractivity contribution in [3.8, 4) is 11.5 Å². The third kappa shape index (κ3) is 10.6. The lowest BCUT2D eigenvalue weighted by molar-refractivity contribution is -0.137. The van der Waals surface area contributed by atoms with Crippen LogP contribution in [0, 0.1) is 0 Å². The highest BCUT2D eigenvalue weighted by Crippen LogP contribution is 2.27. The highest BCUT2D eigenvalue weighted by Gasteiger charge is 2.23. The lowest BCUT2D eigenvalue weighted by atomic mass is 10.2. The Morgan fingerprint density at radius 2 is 1.60 bits per heavy atom. The average Bonchev–Trinajstić information content (AvgIpc) is 2.57. The lowest BCUT2D eigenvalue weighted by Gasteiger charge is -2.07. The van der Waals surface area contributed by atoms with E-state index in [0.717, 1.165) is 31.2 Å². The van der Waals surface area contributed by atoms with Crippen LogP contribution in [0.1, 0.15) is 31.2 Å². The molecule has 1 rings (SSSR count). The Morgan fingerprint density at radius 3 is 2.16 bits per heavy atom. The SMILES string of the molecule is COc1cc(/C=C/C(=O)OCCCCCC[Si](Cl)(Cl)Cl)cc(OC)c1. The van der Waals surface area contributed by atoms with Crippen LogP contribution in [0.25, 0.3) is 6.08 Å². The van der Waals surface area contributed by atoms with Gasteiger partial charge in [-0.1, -0.05) is 19.3 Å². The molecule has 0 radical (unpaired) electrons. The summed E-state index contributed by atoms with van der Waals surface area (Å²) in [4.78, 5) is 11.7. The molecule has 0 bridgehead atoms. The Morgan fingerprint density at radius 1 is 1.00 bits per heavy atom. The summed E-state index contributed by atoms with van der Waals surface area (Å²) in [6.07, 6.45) is 6.67. The van der Waals surface area contributed by atoms with Gasteiger partial charge >= 0.3 is 12.0 Å². The standard InChI is InChI=1S/C17H23Cl3O4Si/c1-22-15-11-14(12-16(13-15)23-2)7-8-17(21)24-9-5-3-4-6-10-25(18,19)20/h7-8,11-13H,3-6,9-10H2,1-2H3/b8-7+. The Balaban J connectivity index is 2.29. The molecule has 0 heterocycles. The normalized spacial score (nSPS) is 11.6. The molecule has 0 saturated heterocycles. The molecular weight excluding hydrogens is 403 g/mol. The first kappa shape index (κ1) is 22.2. The summed E-state index contributed by atoms with van der Waals surface area (Å²) in [5, 5.41) is 0. The average molecular weight is 426 g/mol. The molecule has 0 amide bonds. The van der Waals surface area contributed by atoms with Crippen molar-refractivity contribution in [2.24, 2.45) is 0 Å². The quantitative estimate of drug-likeness (QED) is 0.155. The summed E-state index contributed by atoms with van der Waals surface area (Å²) in [6.45, 7) is 0.385. The van der Waals surface area contributed by atoms with Crippen LogP contribution in [0.4, 0.5) is 0 Å². The summed E-state index contributed by atoms with van der Waals surface area (Å²) in [5.74, 6) is 0.936. The van der Waals surface area contributed by atoms with Gasteiger partial charge in [-0.15, -0.1) is 33.2 Å². The van der Waals surface area contributed by atoms with Gasteiger partial charge in [0, 0.05) is 12.1 Å². The molecule has 0 aliphatic heterocycles. The second kappa shape index (κ2) is 11.7. The Labute approximate surface area is 164 Å². The smallest absolute Gasteiger partial charge is 0.341 e. The number of hydrogen-bond donors (Lipinski definition) is 0. The first-order valence-corrected chi connectivity index (χ1v) is 13.2. The van der Waals surface area contributed by atoms with Gasteiger partial charge in [-0.25, -0.2) is 4.79 Å². The zero-order valence-electron chi connectivity index (χ0n) is 14.4. The predicted octanol–water partition coefficient (Wildman–Crippen LogP) is 5.48. The number of carbonyl (C=O) groups excluding carboxylic acids is 1. The molecule has 0 fully saturated rings. The number of methoxy groups -OCH3 is 2. The molecule has 0 saturated carbocycles. The first-order valence-electron chi connectivity index (χ1n) is 7.98. The van der Waals surface area contributed by atoms with Crippen LogP contribution in [-0.4, -0.2) is 32.8 Å². The molecular formula is C17H23Cl3O4Si. The maximum atomic E-state index is 11.7. The number of benzene rings is 1. The van der Waals surface area contributed by atoms with Crippen LogP contribution in [0.2, 0.25) is 6.04 Å². The number of esters is 1. The van der Waals surface area contributed by atoms with E-state index in [1.54, 1.807) is 38.5 Å². The fraction of sp³-hybridized carbons (Fsp3) is 0.471. The molecule has 0 aromatic heterocycles. The zero-order valence-corrected chi connectivity index (χ0v) is 17.7. The molecule has 8 heteroatoms. The van der Waals surface area contributed by atoms with Crippen LogP contribution in [-0.2, 0) is 9.53 Å². The van der Waals surface area contributed by atoms with E-state index in [1.807, 2.05) is 0 Å². The van der Waals surface area contributed by atoms with Gasteiger partial charge < -0.3 is 14.2 Å². The van der Waals surface area contributed by atoms with Crippen molar-refractivity contribution >= 4 is 51.3 Å². The van der Waals surface area contributed by atoms with E-state index in [-0.39, 0.29) is 5.97 Å². The number of carbonyl (C=O) groups is 1. The van der Waals surface area contributed by atoms with Crippen LogP contribution in [0.5, 0.6) is 11.5 Å². The van der Waals surface area contributed by atoms with Gasteiger partial charge in [0.25, 0.3) is 0 Å². The van der Waals surface area contributed by atoms with Gasteiger partial charge in [0.05, 0.1) is 20.8 Å². The van der Waals surface area contributed by atoms with Gasteiger partial charge in [0.15, 0.2) is 0 Å². The van der Waals surface area contributed by atoms with Crippen molar-refractivity contribution in [3.63, 3.8) is 0 Å². The van der Waals surface area contributed by atoms with Gasteiger partial charge in [-0.2, -0.15) is 0 Å². The van der Waals surface area contributed by atoms with Crippen molar-refractivity contribution in [2.45, 2.75) is 31.7 Å². The molecule has 0 aliphatic carbocycles. The molecule has 25 heavy (non-hydrogen) atoms. The van der Waals surface area contributed by atoms with Gasteiger partial charge in [0.1, 0.15) is 11.5 Å². The van der Waals surface area contributed by atoms with Crippen molar-refractivity contribution in [3.05, 3.63) is 29.8 Å². The van der Waals surface area contributed by atoms with Gasteiger partial charge in [0.2, 0.25) is 0 Å². The fourth-order valence-corrected chi connectivity index (χ4v) is 3.95. The third-order valence-electron chi connectivity index (χ3n) is 3.38. The molecule has 0 aliphatic rings. The number of hydrogen-bond acceptors (Lipinski definition) is 4. The fourth-order valence-electron chi connectivity index (χ4n) is 2.09. The van der Waals surface area contributed by atoms with Crippen LogP contribution in [0.15, 0.2) is 24.3 Å². The van der Waals surface area contributed by atoms with Crippen molar-refractivity contribution < 1.29 is 19.0 Å². The number of rotatable bonds is 11. The maximum absolute atomic E-state index is 11.7. The minimum Gasteiger partial charge on any atom is -0.497 e. The highest BCUT2D eigenvalue weighted by atomic mass is 35.8. The van der Waals surface area contributed by atoms with Crippen molar-refractivity contribution in [1.82, 2.24) is 0 Å². The highest BCUT2D eigenvalue weighted by molar-refractivity contribution is 7.64. The Kier molecular flexibility index (Phi) is 10.4. The molecule has 0 unspecified atom stereocenters. The second-order valence-electron chi connectivity index (χ2n) is 5.43. The summed E-state index contributed by atoms with van der Waals surface area (Å²) in [7, 11) is 3.15. The summed E-state index contributed by atoms with van der Waals surface area (Å²) in [5.41, 5.74) is 0.795. The van der Waals surface area contributed by atoms with Gasteiger partial charge in [-0.3, -0.25) is 0 Å². The summed E-state index contributed by atoms with van der Waals surface area (Å²) >= 11 is 17.4. The monoisotopic (exact) mass is 424 g/mol. The van der Waals surface area contributed by atoms with Crippen LogP contribution in [0.3, 0.4) is 0 Å². The van der Waals surface area contributed by atoms with E-state index < -0.39 is 6.00 Å². The Hall–Kier alpha value is -0.883. The summed E-state index contributed by atoms with van der Waals surface area (Å²) in [6, 6.07) is 3.55. The Bertz CT molecular complexity index is 551. The topological polar surface area (TPSA) is 44.8 Å². The summed E-state index contributed by atoms with van der Waals surface area (Å²) < 4.78 is 15.5. The van der Waals surface area contributed by atoms with E-state index in [1.165, 1.54) is 6.08 Å². The van der Waals surface area contributed by atoms with Crippen molar-refractivity contribution in [2.75, 3.05) is 20.8 Å². The number of ether oxygens (including phenoxy) is 3. The molecule has 1 aromatic rings. The lowest BCUT2D eigenvalue weighted by Crippen LogP contribution is -2.07. The van der Waals surface area contributed by atoms with Gasteiger partial charge in [-0.05, 0) is 36.2 Å². The van der Waals surface area contributed by atoms with E-state index >= 15 is 0 Å². The van der Waals surface area contributed by atoms with E-state index in [2.05, 4.69) is 0 Å².